The van der Waals surface area contributed by atoms with Crippen molar-refractivity contribution in [3.05, 3.63) is 11.7 Å². The molecule has 1 aromatic rings. The van der Waals surface area contributed by atoms with Crippen molar-refractivity contribution < 1.29 is 19.2 Å². The summed E-state index contributed by atoms with van der Waals surface area (Å²) in [6.07, 6.45) is 0.568. The zero-order valence-corrected chi connectivity index (χ0v) is 13.9. The third-order valence-electron chi connectivity index (χ3n) is 3.18. The van der Waals surface area contributed by atoms with Crippen molar-refractivity contribution in [3.63, 3.8) is 0 Å². The highest BCUT2D eigenvalue weighted by atomic mass is 16.5. The van der Waals surface area contributed by atoms with E-state index in [1.165, 1.54) is 0 Å². The van der Waals surface area contributed by atoms with Gasteiger partial charge in [-0.25, -0.2) is 4.79 Å². The van der Waals surface area contributed by atoms with E-state index >= 15 is 0 Å². The predicted molar refractivity (Wildman–Crippen MR) is 82.4 cm³/mol. The molecule has 0 aliphatic heterocycles. The molecular weight excluding hydrogens is 302 g/mol. The number of urea groups is 1. The monoisotopic (exact) mass is 327 g/mol. The molecule has 0 saturated heterocycles. The number of rotatable bonds is 8. The number of carbonyl (C=O) groups excluding carboxylic acids is 1. The van der Waals surface area contributed by atoms with Gasteiger partial charge < -0.3 is 26.0 Å². The quantitative estimate of drug-likeness (QED) is 0.561. The van der Waals surface area contributed by atoms with Gasteiger partial charge in [-0.05, 0) is 18.3 Å². The van der Waals surface area contributed by atoms with E-state index in [-0.39, 0.29) is 23.8 Å². The van der Waals surface area contributed by atoms with E-state index in [1.807, 2.05) is 27.7 Å². The Morgan fingerprint density at radius 2 is 1.96 bits per heavy atom. The summed E-state index contributed by atoms with van der Waals surface area (Å²) in [5.74, 6) is -0.0694. The summed E-state index contributed by atoms with van der Waals surface area (Å²) in [4.78, 5) is 26.5. The van der Waals surface area contributed by atoms with E-state index in [1.54, 1.807) is 0 Å². The van der Waals surface area contributed by atoms with Crippen molar-refractivity contribution in [3.8, 4) is 0 Å². The molecule has 1 rings (SSSR count). The van der Waals surface area contributed by atoms with Crippen LogP contribution >= 0.6 is 0 Å². The van der Waals surface area contributed by atoms with E-state index in [9.17, 15) is 9.59 Å². The molecule has 0 aliphatic carbocycles. The van der Waals surface area contributed by atoms with Crippen LogP contribution in [0.25, 0.3) is 0 Å². The third-order valence-corrected chi connectivity index (χ3v) is 3.18. The maximum absolute atomic E-state index is 11.8. The molecule has 1 unspecified atom stereocenters. The van der Waals surface area contributed by atoms with E-state index in [0.717, 1.165) is 0 Å². The van der Waals surface area contributed by atoms with Crippen LogP contribution in [0, 0.1) is 11.8 Å². The number of nitrogens with zero attached hydrogens (tertiary/aromatic N) is 2. The van der Waals surface area contributed by atoms with Crippen molar-refractivity contribution in [1.29, 1.82) is 0 Å². The van der Waals surface area contributed by atoms with Crippen LogP contribution in [0.3, 0.4) is 0 Å². The zero-order chi connectivity index (χ0) is 17.6. The van der Waals surface area contributed by atoms with Crippen molar-refractivity contribution >= 4 is 12.0 Å². The summed E-state index contributed by atoms with van der Waals surface area (Å²) in [6, 6.07) is -1.47. The first kappa shape index (κ1) is 18.9. The van der Waals surface area contributed by atoms with Crippen LogP contribution in [0.4, 0.5) is 4.79 Å². The lowest BCUT2D eigenvalue weighted by atomic mass is 10.0. The van der Waals surface area contributed by atoms with Gasteiger partial charge >= 0.3 is 12.0 Å². The predicted octanol–water partition coefficient (Wildman–Crippen LogP) is 1.20. The SMILES string of the molecule is CC(C)C[C@H](NC(=O)NCC(=O)O)c1nc(C(N)C(C)C)no1. The summed E-state index contributed by atoms with van der Waals surface area (Å²) in [7, 11) is 0. The van der Waals surface area contributed by atoms with Crippen molar-refractivity contribution in [1.82, 2.24) is 20.8 Å². The molecule has 0 radical (unpaired) electrons. The topological polar surface area (TPSA) is 143 Å². The Balaban J connectivity index is 2.81. The van der Waals surface area contributed by atoms with Gasteiger partial charge in [-0.3, -0.25) is 4.79 Å². The first-order chi connectivity index (χ1) is 10.7. The van der Waals surface area contributed by atoms with Crippen LogP contribution in [0.5, 0.6) is 0 Å². The molecule has 0 bridgehead atoms. The van der Waals surface area contributed by atoms with Crippen LogP contribution in [0.15, 0.2) is 4.52 Å². The largest absolute Gasteiger partial charge is 0.480 e. The molecule has 130 valence electrons. The van der Waals surface area contributed by atoms with Crippen LogP contribution in [0.1, 0.15) is 57.9 Å². The lowest BCUT2D eigenvalue weighted by Gasteiger charge is -2.17. The maximum Gasteiger partial charge on any atom is 0.323 e. The molecule has 23 heavy (non-hydrogen) atoms. The number of carboxylic acids is 1. The van der Waals surface area contributed by atoms with Gasteiger partial charge in [0.05, 0.1) is 6.04 Å². The first-order valence-electron chi connectivity index (χ1n) is 7.56. The fourth-order valence-electron chi connectivity index (χ4n) is 1.88. The molecule has 9 heteroatoms. The Kier molecular flexibility index (Phi) is 6.95. The number of nitrogens with two attached hydrogens (primary N) is 1. The van der Waals surface area contributed by atoms with Gasteiger partial charge in [0.1, 0.15) is 12.6 Å². The Morgan fingerprint density at radius 3 is 2.48 bits per heavy atom. The number of carbonyl (C=O) groups is 2. The Hall–Kier alpha value is -2.16. The summed E-state index contributed by atoms with van der Waals surface area (Å²) < 4.78 is 5.23. The smallest absolute Gasteiger partial charge is 0.323 e. The summed E-state index contributed by atoms with van der Waals surface area (Å²) in [5, 5.41) is 17.3. The first-order valence-corrected chi connectivity index (χ1v) is 7.56. The lowest BCUT2D eigenvalue weighted by Crippen LogP contribution is -2.40. The maximum atomic E-state index is 11.8. The fraction of sp³-hybridized carbons (Fsp3) is 0.714. The molecule has 2 atom stereocenters. The fourth-order valence-corrected chi connectivity index (χ4v) is 1.88. The number of hydrogen-bond donors (Lipinski definition) is 4. The second kappa shape index (κ2) is 8.47. The summed E-state index contributed by atoms with van der Waals surface area (Å²) in [6.45, 7) is 7.41. The highest BCUT2D eigenvalue weighted by molar-refractivity contribution is 5.80. The van der Waals surface area contributed by atoms with Crippen molar-refractivity contribution in [2.24, 2.45) is 17.6 Å². The van der Waals surface area contributed by atoms with Gasteiger partial charge in [0.2, 0.25) is 5.89 Å². The van der Waals surface area contributed by atoms with E-state index in [4.69, 9.17) is 15.4 Å². The van der Waals surface area contributed by atoms with Gasteiger partial charge in [0.15, 0.2) is 5.82 Å². The Labute approximate surface area is 135 Å². The zero-order valence-electron chi connectivity index (χ0n) is 13.9. The second-order valence-electron chi connectivity index (χ2n) is 6.16. The van der Waals surface area contributed by atoms with E-state index < -0.39 is 24.6 Å². The normalized spacial score (nSPS) is 13.9. The number of hydrogen-bond acceptors (Lipinski definition) is 6. The highest BCUT2D eigenvalue weighted by Gasteiger charge is 2.25. The molecule has 0 fully saturated rings. The molecule has 5 N–H and O–H groups in total. The van der Waals surface area contributed by atoms with E-state index in [0.29, 0.717) is 12.2 Å². The average molecular weight is 327 g/mol. The van der Waals surface area contributed by atoms with Crippen molar-refractivity contribution in [2.45, 2.75) is 46.2 Å². The second-order valence-corrected chi connectivity index (χ2v) is 6.16. The Bertz CT molecular complexity index is 529. The molecule has 1 heterocycles. The van der Waals surface area contributed by atoms with Crippen LogP contribution < -0.4 is 16.4 Å². The minimum Gasteiger partial charge on any atom is -0.480 e. The van der Waals surface area contributed by atoms with E-state index in [2.05, 4.69) is 20.8 Å². The van der Waals surface area contributed by atoms with Gasteiger partial charge in [0, 0.05) is 0 Å². The van der Waals surface area contributed by atoms with Crippen LogP contribution in [-0.2, 0) is 4.79 Å². The standard InChI is InChI=1S/C14H25N5O4/c1-7(2)5-9(17-14(22)16-6-10(20)21)13-18-12(19-23-13)11(15)8(3)4/h7-9,11H,5-6,15H2,1-4H3,(H,20,21)(H2,16,17,22)/t9-,11?/m0/s1. The van der Waals surface area contributed by atoms with Gasteiger partial charge in [-0.1, -0.05) is 32.9 Å². The van der Waals surface area contributed by atoms with Gasteiger partial charge in [0.25, 0.3) is 0 Å². The molecule has 0 aromatic carbocycles. The van der Waals surface area contributed by atoms with Crippen molar-refractivity contribution in [2.75, 3.05) is 6.54 Å². The number of nitrogens with one attached hydrogen (secondary N) is 2. The molecule has 0 saturated carbocycles. The third kappa shape index (κ3) is 6.23. The average Bonchev–Trinajstić information content (AvgIpc) is 2.92. The molecule has 2 amide bonds. The van der Waals surface area contributed by atoms with Gasteiger partial charge in [-0.2, -0.15) is 4.98 Å². The summed E-state index contributed by atoms with van der Waals surface area (Å²) >= 11 is 0. The van der Waals surface area contributed by atoms with Crippen LogP contribution in [-0.4, -0.2) is 33.8 Å². The number of carboxylic acid groups (broad SMARTS) is 1. The Morgan fingerprint density at radius 1 is 1.30 bits per heavy atom. The number of aliphatic carboxylic acids is 1. The van der Waals surface area contributed by atoms with Gasteiger partial charge in [-0.15, -0.1) is 0 Å². The molecular formula is C14H25N5O4. The van der Waals surface area contributed by atoms with Crippen LogP contribution in [0.2, 0.25) is 0 Å². The summed E-state index contributed by atoms with van der Waals surface area (Å²) in [5.41, 5.74) is 5.98. The highest BCUT2D eigenvalue weighted by Crippen LogP contribution is 2.22. The minimum absolute atomic E-state index is 0.149. The molecule has 1 aromatic heterocycles. The number of amides is 2. The number of aromatic nitrogens is 2. The molecule has 0 spiro atoms. The minimum atomic E-state index is -1.12. The molecule has 0 aliphatic rings. The molecule has 9 nitrogen and oxygen atoms in total. The lowest BCUT2D eigenvalue weighted by molar-refractivity contribution is -0.135.